The Morgan fingerprint density at radius 2 is 1.88 bits per heavy atom. The van der Waals surface area contributed by atoms with Gasteiger partial charge in [0.1, 0.15) is 5.82 Å². The molecule has 1 aliphatic heterocycles. The lowest BCUT2D eigenvalue weighted by Gasteiger charge is -2.30. The highest BCUT2D eigenvalue weighted by molar-refractivity contribution is 6.30. The second-order valence-electron chi connectivity index (χ2n) is 6.43. The number of amides is 1. The minimum Gasteiger partial charge on any atom is -0.299 e. The molecule has 1 N–H and O–H groups in total. The van der Waals surface area contributed by atoms with Gasteiger partial charge in [0.2, 0.25) is 5.91 Å². The number of hydrazone groups is 1. The van der Waals surface area contributed by atoms with Crippen LogP contribution in [0.4, 0.5) is 4.39 Å². The van der Waals surface area contributed by atoms with Gasteiger partial charge < -0.3 is 0 Å². The van der Waals surface area contributed by atoms with Gasteiger partial charge >= 0.3 is 0 Å². The van der Waals surface area contributed by atoms with Gasteiger partial charge in [0, 0.05) is 23.0 Å². The molecule has 1 fully saturated rings. The summed E-state index contributed by atoms with van der Waals surface area (Å²) in [7, 11) is 0. The van der Waals surface area contributed by atoms with E-state index in [-0.39, 0.29) is 17.6 Å². The zero-order valence-corrected chi connectivity index (χ0v) is 15.1. The summed E-state index contributed by atoms with van der Waals surface area (Å²) in [6.45, 7) is 2.58. The van der Waals surface area contributed by atoms with Gasteiger partial charge in [0.15, 0.2) is 0 Å². The van der Waals surface area contributed by atoms with Crippen LogP contribution in [0.15, 0.2) is 53.6 Å². The maximum absolute atomic E-state index is 13.5. The fourth-order valence-corrected chi connectivity index (χ4v) is 3.16. The number of likely N-dealkylation sites (tertiary alicyclic amines) is 1. The van der Waals surface area contributed by atoms with Crippen molar-refractivity contribution in [2.45, 2.75) is 19.4 Å². The molecule has 2 aromatic rings. The van der Waals surface area contributed by atoms with E-state index in [0.29, 0.717) is 5.56 Å². The van der Waals surface area contributed by atoms with E-state index in [2.05, 4.69) is 15.4 Å². The third-order valence-corrected chi connectivity index (χ3v) is 4.81. The van der Waals surface area contributed by atoms with E-state index in [4.69, 9.17) is 11.6 Å². The molecule has 0 bridgehead atoms. The van der Waals surface area contributed by atoms with Crippen LogP contribution in [0.2, 0.25) is 5.02 Å². The Morgan fingerprint density at radius 1 is 1.19 bits per heavy atom. The van der Waals surface area contributed by atoms with Gasteiger partial charge in [0.25, 0.3) is 0 Å². The highest BCUT2D eigenvalue weighted by atomic mass is 35.5. The minimum atomic E-state index is -0.360. The minimum absolute atomic E-state index is 0.0609. The van der Waals surface area contributed by atoms with Crippen LogP contribution in [-0.2, 0) is 11.3 Å². The first-order valence-electron chi connectivity index (χ1n) is 8.66. The molecule has 1 saturated heterocycles. The van der Waals surface area contributed by atoms with Gasteiger partial charge in [-0.05, 0) is 49.7 Å². The molecule has 0 aliphatic carbocycles. The first-order valence-corrected chi connectivity index (χ1v) is 9.04. The van der Waals surface area contributed by atoms with E-state index in [1.54, 1.807) is 18.2 Å². The third kappa shape index (κ3) is 5.13. The van der Waals surface area contributed by atoms with E-state index in [9.17, 15) is 9.18 Å². The molecular formula is C20H21ClFN3O. The maximum atomic E-state index is 13.5. The van der Waals surface area contributed by atoms with Crippen molar-refractivity contribution in [3.8, 4) is 0 Å². The number of nitrogens with zero attached hydrogens (tertiary/aromatic N) is 2. The van der Waals surface area contributed by atoms with Crippen molar-refractivity contribution in [3.05, 3.63) is 70.5 Å². The molecule has 4 nitrogen and oxygen atoms in total. The number of nitrogens with one attached hydrogen (secondary N) is 1. The van der Waals surface area contributed by atoms with E-state index in [1.807, 2.05) is 24.3 Å². The topological polar surface area (TPSA) is 44.7 Å². The lowest BCUT2D eigenvalue weighted by molar-refractivity contribution is -0.126. The van der Waals surface area contributed by atoms with Crippen molar-refractivity contribution in [2.24, 2.45) is 11.0 Å². The van der Waals surface area contributed by atoms with Crippen LogP contribution in [0.5, 0.6) is 0 Å². The molecule has 136 valence electrons. The predicted octanol–water partition coefficient (Wildman–Crippen LogP) is 3.84. The monoisotopic (exact) mass is 373 g/mol. The number of rotatable bonds is 5. The van der Waals surface area contributed by atoms with E-state index >= 15 is 0 Å². The van der Waals surface area contributed by atoms with Gasteiger partial charge in [-0.15, -0.1) is 0 Å². The van der Waals surface area contributed by atoms with E-state index in [0.717, 1.165) is 37.5 Å². The number of halogens is 2. The summed E-state index contributed by atoms with van der Waals surface area (Å²) in [4.78, 5) is 14.6. The summed E-state index contributed by atoms with van der Waals surface area (Å²) in [5.74, 6) is -0.529. The fourth-order valence-electron chi connectivity index (χ4n) is 3.04. The number of carbonyl (C=O) groups excluding carboxylic acids is 1. The van der Waals surface area contributed by atoms with Crippen molar-refractivity contribution >= 4 is 23.7 Å². The van der Waals surface area contributed by atoms with Crippen LogP contribution in [0.3, 0.4) is 0 Å². The van der Waals surface area contributed by atoms with Crippen LogP contribution in [0.1, 0.15) is 24.0 Å². The summed E-state index contributed by atoms with van der Waals surface area (Å²) in [5, 5.41) is 4.62. The van der Waals surface area contributed by atoms with Gasteiger partial charge in [-0.1, -0.05) is 41.9 Å². The van der Waals surface area contributed by atoms with Crippen molar-refractivity contribution < 1.29 is 9.18 Å². The molecule has 1 amide bonds. The van der Waals surface area contributed by atoms with Crippen LogP contribution in [0.25, 0.3) is 0 Å². The Hall–Kier alpha value is -2.24. The smallest absolute Gasteiger partial charge is 0.243 e. The van der Waals surface area contributed by atoms with Gasteiger partial charge in [-0.25, -0.2) is 9.82 Å². The van der Waals surface area contributed by atoms with Crippen molar-refractivity contribution in [2.75, 3.05) is 13.1 Å². The second kappa shape index (κ2) is 8.92. The molecule has 3 rings (SSSR count). The lowest BCUT2D eigenvalue weighted by Crippen LogP contribution is -2.39. The predicted molar refractivity (Wildman–Crippen MR) is 102 cm³/mol. The molecule has 2 aromatic carbocycles. The zero-order valence-electron chi connectivity index (χ0n) is 14.4. The lowest BCUT2D eigenvalue weighted by atomic mass is 9.96. The van der Waals surface area contributed by atoms with Gasteiger partial charge in [0.05, 0.1) is 6.21 Å². The summed E-state index contributed by atoms with van der Waals surface area (Å²) >= 11 is 5.91. The van der Waals surface area contributed by atoms with Crippen molar-refractivity contribution in [3.63, 3.8) is 0 Å². The van der Waals surface area contributed by atoms with Crippen molar-refractivity contribution in [1.29, 1.82) is 0 Å². The number of hydrogen-bond donors (Lipinski definition) is 1. The van der Waals surface area contributed by atoms with E-state index in [1.165, 1.54) is 17.8 Å². The summed E-state index contributed by atoms with van der Waals surface area (Å²) in [6, 6.07) is 14.2. The average Bonchev–Trinajstić information content (AvgIpc) is 2.66. The van der Waals surface area contributed by atoms with Crippen LogP contribution in [0, 0.1) is 11.7 Å². The normalized spacial score (nSPS) is 16.1. The molecule has 0 aromatic heterocycles. The quantitative estimate of drug-likeness (QED) is 0.639. The largest absolute Gasteiger partial charge is 0.299 e. The van der Waals surface area contributed by atoms with Gasteiger partial charge in [-0.2, -0.15) is 5.10 Å². The highest BCUT2D eigenvalue weighted by Gasteiger charge is 2.24. The second-order valence-corrected chi connectivity index (χ2v) is 6.87. The van der Waals surface area contributed by atoms with E-state index < -0.39 is 0 Å². The Bertz CT molecular complexity index is 771. The Balaban J connectivity index is 1.44. The Morgan fingerprint density at radius 3 is 2.58 bits per heavy atom. The standard InChI is InChI=1S/C20H21ClFN3O/c21-18-7-5-15(6-8-18)14-25-11-9-16(10-12-25)20(26)24-23-13-17-3-1-2-4-19(17)22/h1-8,13,16H,9-12,14H2,(H,24,26). The highest BCUT2D eigenvalue weighted by Crippen LogP contribution is 2.20. The summed E-state index contributed by atoms with van der Waals surface area (Å²) in [5.41, 5.74) is 4.10. The molecule has 26 heavy (non-hydrogen) atoms. The van der Waals surface area contributed by atoms with Crippen molar-refractivity contribution in [1.82, 2.24) is 10.3 Å². The summed E-state index contributed by atoms with van der Waals surface area (Å²) < 4.78 is 13.5. The molecule has 0 atom stereocenters. The van der Waals surface area contributed by atoms with Crippen LogP contribution < -0.4 is 5.43 Å². The molecule has 0 spiro atoms. The number of benzene rings is 2. The number of hydrogen-bond acceptors (Lipinski definition) is 3. The van der Waals surface area contributed by atoms with Gasteiger partial charge in [-0.3, -0.25) is 9.69 Å². The Kier molecular flexibility index (Phi) is 6.36. The fraction of sp³-hybridized carbons (Fsp3) is 0.300. The first-order chi connectivity index (χ1) is 12.6. The molecule has 0 saturated carbocycles. The maximum Gasteiger partial charge on any atom is 0.243 e. The molecule has 6 heteroatoms. The average molecular weight is 374 g/mol. The molecule has 1 heterocycles. The first kappa shape index (κ1) is 18.5. The number of carbonyl (C=O) groups is 1. The molecular weight excluding hydrogens is 353 g/mol. The third-order valence-electron chi connectivity index (χ3n) is 4.56. The Labute approximate surface area is 157 Å². The molecule has 0 unspecified atom stereocenters. The SMILES string of the molecule is O=C(NN=Cc1ccccc1F)C1CCN(Cc2ccc(Cl)cc2)CC1. The molecule has 0 radical (unpaired) electrons. The van der Waals surface area contributed by atoms with Crippen LogP contribution >= 0.6 is 11.6 Å². The summed E-state index contributed by atoms with van der Waals surface area (Å²) in [6.07, 6.45) is 2.91. The molecule has 1 aliphatic rings. The van der Waals surface area contributed by atoms with Crippen LogP contribution in [-0.4, -0.2) is 30.1 Å². The number of piperidine rings is 1. The zero-order chi connectivity index (χ0) is 18.4.